The molecule has 6 nitrogen and oxygen atoms in total. The SMILES string of the molecule is CCOC(=O)CN(C(=O)c1sc(-c2ccccn2)nc1C)c1ccccc1F. The highest BCUT2D eigenvalue weighted by Crippen LogP contribution is 2.29. The van der Waals surface area contributed by atoms with Gasteiger partial charge in [-0.2, -0.15) is 0 Å². The van der Waals surface area contributed by atoms with Crippen molar-refractivity contribution < 1.29 is 18.7 Å². The number of pyridine rings is 1. The molecule has 8 heteroatoms. The molecule has 0 bridgehead atoms. The van der Waals surface area contributed by atoms with Gasteiger partial charge in [0.2, 0.25) is 0 Å². The van der Waals surface area contributed by atoms with Gasteiger partial charge in [0.15, 0.2) is 0 Å². The number of benzene rings is 1. The van der Waals surface area contributed by atoms with Crippen LogP contribution in [0.3, 0.4) is 0 Å². The standard InChI is InChI=1S/C20H18FN3O3S/c1-3-27-17(25)12-24(16-10-5-4-8-14(16)21)20(26)18-13(2)23-19(28-18)15-9-6-7-11-22-15/h4-11H,3,12H2,1-2H3. The number of para-hydroxylation sites is 1. The molecule has 0 atom stereocenters. The molecular formula is C20H18FN3O3S. The highest BCUT2D eigenvalue weighted by atomic mass is 32.1. The van der Waals surface area contributed by atoms with E-state index in [-0.39, 0.29) is 12.3 Å². The monoisotopic (exact) mass is 399 g/mol. The number of hydrogen-bond donors (Lipinski definition) is 0. The first kappa shape index (κ1) is 19.6. The van der Waals surface area contributed by atoms with Crippen LogP contribution in [0.1, 0.15) is 22.3 Å². The van der Waals surface area contributed by atoms with Crippen molar-refractivity contribution in [3.63, 3.8) is 0 Å². The summed E-state index contributed by atoms with van der Waals surface area (Å²) in [4.78, 5) is 35.3. The molecule has 3 aromatic rings. The fourth-order valence-electron chi connectivity index (χ4n) is 2.59. The van der Waals surface area contributed by atoms with Gasteiger partial charge in [-0.1, -0.05) is 18.2 Å². The number of rotatable bonds is 6. The molecule has 0 saturated heterocycles. The summed E-state index contributed by atoms with van der Waals surface area (Å²) in [5.74, 6) is -1.74. The fourth-order valence-corrected chi connectivity index (χ4v) is 3.58. The molecule has 0 aliphatic carbocycles. The Morgan fingerprint density at radius 1 is 1.18 bits per heavy atom. The Labute approximate surface area is 165 Å². The number of hydrogen-bond acceptors (Lipinski definition) is 6. The summed E-state index contributed by atoms with van der Waals surface area (Å²) < 4.78 is 19.3. The van der Waals surface area contributed by atoms with E-state index in [4.69, 9.17) is 4.74 Å². The molecule has 0 unspecified atom stereocenters. The largest absolute Gasteiger partial charge is 0.465 e. The number of nitrogens with zero attached hydrogens (tertiary/aromatic N) is 3. The second-order valence-electron chi connectivity index (χ2n) is 5.80. The van der Waals surface area contributed by atoms with E-state index in [1.807, 2.05) is 6.07 Å². The lowest BCUT2D eigenvalue weighted by Gasteiger charge is -2.21. The molecule has 0 saturated carbocycles. The van der Waals surface area contributed by atoms with Gasteiger partial charge in [0, 0.05) is 6.20 Å². The maximum Gasteiger partial charge on any atom is 0.326 e. The van der Waals surface area contributed by atoms with Gasteiger partial charge >= 0.3 is 5.97 Å². The molecule has 0 aliphatic rings. The molecule has 1 amide bonds. The number of aromatic nitrogens is 2. The summed E-state index contributed by atoms with van der Waals surface area (Å²) in [5.41, 5.74) is 1.13. The van der Waals surface area contributed by atoms with Crippen LogP contribution in [-0.2, 0) is 9.53 Å². The third-order valence-electron chi connectivity index (χ3n) is 3.86. The second kappa shape index (κ2) is 8.71. The molecule has 28 heavy (non-hydrogen) atoms. The van der Waals surface area contributed by atoms with Crippen molar-refractivity contribution in [3.05, 3.63) is 65.0 Å². The van der Waals surface area contributed by atoms with Gasteiger partial charge in [-0.3, -0.25) is 19.5 Å². The first-order valence-electron chi connectivity index (χ1n) is 8.62. The van der Waals surface area contributed by atoms with Gasteiger partial charge in [0.25, 0.3) is 5.91 Å². The van der Waals surface area contributed by atoms with Crippen molar-refractivity contribution in [2.75, 3.05) is 18.1 Å². The summed E-state index contributed by atoms with van der Waals surface area (Å²) in [5, 5.41) is 0.575. The highest BCUT2D eigenvalue weighted by Gasteiger charge is 2.27. The van der Waals surface area contributed by atoms with E-state index >= 15 is 0 Å². The van der Waals surface area contributed by atoms with E-state index in [0.717, 1.165) is 16.2 Å². The predicted octanol–water partition coefficient (Wildman–Crippen LogP) is 3.86. The van der Waals surface area contributed by atoms with Gasteiger partial charge in [-0.15, -0.1) is 11.3 Å². The molecule has 0 N–H and O–H groups in total. The third kappa shape index (κ3) is 4.23. The quantitative estimate of drug-likeness (QED) is 0.589. The van der Waals surface area contributed by atoms with Crippen LogP contribution < -0.4 is 4.90 Å². The van der Waals surface area contributed by atoms with Gasteiger partial charge in [-0.25, -0.2) is 9.37 Å². The topological polar surface area (TPSA) is 72.4 Å². The van der Waals surface area contributed by atoms with Crippen LogP contribution in [0.5, 0.6) is 0 Å². The van der Waals surface area contributed by atoms with E-state index in [1.165, 1.54) is 18.2 Å². The minimum atomic E-state index is -0.619. The molecule has 1 aromatic carbocycles. The average molecular weight is 399 g/mol. The molecular weight excluding hydrogens is 381 g/mol. The normalized spacial score (nSPS) is 10.5. The van der Waals surface area contributed by atoms with Gasteiger partial charge in [-0.05, 0) is 38.1 Å². The molecule has 0 aliphatic heterocycles. The Bertz CT molecular complexity index is 991. The van der Waals surface area contributed by atoms with Gasteiger partial charge < -0.3 is 4.74 Å². The van der Waals surface area contributed by atoms with Crippen molar-refractivity contribution in [1.29, 1.82) is 0 Å². The van der Waals surface area contributed by atoms with E-state index in [1.54, 1.807) is 38.2 Å². The van der Waals surface area contributed by atoms with E-state index in [2.05, 4.69) is 9.97 Å². The van der Waals surface area contributed by atoms with E-state index < -0.39 is 24.2 Å². The Morgan fingerprint density at radius 3 is 2.61 bits per heavy atom. The lowest BCUT2D eigenvalue weighted by Crippen LogP contribution is -2.37. The molecule has 0 radical (unpaired) electrons. The van der Waals surface area contributed by atoms with Crippen molar-refractivity contribution in [3.8, 4) is 10.7 Å². The number of ether oxygens (including phenoxy) is 1. The third-order valence-corrected chi connectivity index (χ3v) is 5.02. The Morgan fingerprint density at radius 2 is 1.93 bits per heavy atom. The number of esters is 1. The van der Waals surface area contributed by atoms with Crippen LogP contribution in [-0.4, -0.2) is 35.0 Å². The van der Waals surface area contributed by atoms with E-state index in [9.17, 15) is 14.0 Å². The van der Waals surface area contributed by atoms with E-state index in [0.29, 0.717) is 21.3 Å². The summed E-state index contributed by atoms with van der Waals surface area (Å²) in [7, 11) is 0. The van der Waals surface area contributed by atoms with Crippen molar-refractivity contribution in [1.82, 2.24) is 9.97 Å². The van der Waals surface area contributed by atoms with Crippen LogP contribution in [0, 0.1) is 12.7 Å². The Balaban J connectivity index is 1.99. The lowest BCUT2D eigenvalue weighted by atomic mass is 10.2. The molecule has 2 aromatic heterocycles. The minimum absolute atomic E-state index is 0.00717. The number of carbonyl (C=O) groups excluding carboxylic acids is 2. The molecule has 0 spiro atoms. The van der Waals surface area contributed by atoms with Crippen LogP contribution in [0.4, 0.5) is 10.1 Å². The number of anilines is 1. The molecule has 144 valence electrons. The summed E-state index contributed by atoms with van der Waals surface area (Å²) in [6.45, 7) is 3.13. The molecule has 2 heterocycles. The number of thiazole rings is 1. The van der Waals surface area contributed by atoms with Crippen LogP contribution in [0.15, 0.2) is 48.7 Å². The maximum atomic E-state index is 14.4. The van der Waals surface area contributed by atoms with Crippen molar-refractivity contribution >= 4 is 28.9 Å². The Kier molecular flexibility index (Phi) is 6.10. The number of halogens is 1. The molecule has 0 fully saturated rings. The van der Waals surface area contributed by atoms with Crippen LogP contribution in [0.2, 0.25) is 0 Å². The zero-order valence-corrected chi connectivity index (χ0v) is 16.2. The fraction of sp³-hybridized carbons (Fsp3) is 0.200. The first-order valence-corrected chi connectivity index (χ1v) is 9.43. The second-order valence-corrected chi connectivity index (χ2v) is 6.80. The summed E-state index contributed by atoms with van der Waals surface area (Å²) in [6, 6.07) is 11.2. The zero-order valence-electron chi connectivity index (χ0n) is 15.4. The zero-order chi connectivity index (χ0) is 20.1. The Hall–Kier alpha value is -3.13. The first-order chi connectivity index (χ1) is 13.5. The summed E-state index contributed by atoms with van der Waals surface area (Å²) >= 11 is 1.15. The summed E-state index contributed by atoms with van der Waals surface area (Å²) in [6.07, 6.45) is 1.64. The smallest absolute Gasteiger partial charge is 0.326 e. The lowest BCUT2D eigenvalue weighted by molar-refractivity contribution is -0.141. The highest BCUT2D eigenvalue weighted by molar-refractivity contribution is 7.17. The number of aryl methyl sites for hydroxylation is 1. The van der Waals surface area contributed by atoms with Crippen molar-refractivity contribution in [2.24, 2.45) is 0 Å². The van der Waals surface area contributed by atoms with Gasteiger partial charge in [0.1, 0.15) is 22.2 Å². The number of carbonyl (C=O) groups is 2. The minimum Gasteiger partial charge on any atom is -0.465 e. The molecule has 3 rings (SSSR count). The number of amides is 1. The average Bonchev–Trinajstić information content (AvgIpc) is 3.09. The van der Waals surface area contributed by atoms with Crippen molar-refractivity contribution in [2.45, 2.75) is 13.8 Å². The van der Waals surface area contributed by atoms with Crippen LogP contribution in [0.25, 0.3) is 10.7 Å². The predicted molar refractivity (Wildman–Crippen MR) is 105 cm³/mol. The van der Waals surface area contributed by atoms with Gasteiger partial charge in [0.05, 0.1) is 23.7 Å². The van der Waals surface area contributed by atoms with Crippen LogP contribution >= 0.6 is 11.3 Å². The maximum absolute atomic E-state index is 14.4.